The van der Waals surface area contributed by atoms with Crippen LogP contribution in [0.5, 0.6) is 0 Å². The summed E-state index contributed by atoms with van der Waals surface area (Å²) in [5.41, 5.74) is 2.23. The molecule has 5 heteroatoms. The third-order valence-corrected chi connectivity index (χ3v) is 3.29. The molecule has 0 bridgehead atoms. The quantitative estimate of drug-likeness (QED) is 0.684. The zero-order valence-electron chi connectivity index (χ0n) is 11.8. The second kappa shape index (κ2) is 5.52. The number of rotatable bonds is 3. The van der Waals surface area contributed by atoms with Crippen LogP contribution in [0, 0.1) is 11.6 Å². The van der Waals surface area contributed by atoms with Crippen molar-refractivity contribution >= 4 is 5.78 Å². The van der Waals surface area contributed by atoms with Gasteiger partial charge >= 0.3 is 0 Å². The van der Waals surface area contributed by atoms with Crippen molar-refractivity contribution < 1.29 is 13.6 Å². The number of hydrogen-bond donors (Lipinski definition) is 0. The fourth-order valence-electron chi connectivity index (χ4n) is 2.20. The monoisotopic (exact) mass is 298 g/mol. The van der Waals surface area contributed by atoms with E-state index in [4.69, 9.17) is 0 Å². The lowest BCUT2D eigenvalue weighted by Gasteiger charge is -2.00. The molecule has 1 aromatic heterocycles. The molecule has 3 nitrogen and oxygen atoms in total. The Morgan fingerprint density at radius 1 is 0.955 bits per heavy atom. The summed E-state index contributed by atoms with van der Waals surface area (Å²) in [6.07, 6.45) is 1.68. The molecule has 0 amide bonds. The molecule has 0 aliphatic carbocycles. The fraction of sp³-hybridized carbons (Fsp3) is 0.0588. The highest BCUT2D eigenvalue weighted by atomic mass is 19.1. The van der Waals surface area contributed by atoms with Crippen LogP contribution in [0.3, 0.4) is 0 Å². The molecule has 0 saturated carbocycles. The molecule has 0 spiro atoms. The summed E-state index contributed by atoms with van der Waals surface area (Å²) < 4.78 is 27.6. The van der Waals surface area contributed by atoms with Gasteiger partial charge in [0.15, 0.2) is 5.78 Å². The molecule has 0 fully saturated rings. The summed E-state index contributed by atoms with van der Waals surface area (Å²) in [4.78, 5) is 11.8. The number of nitrogens with zero attached hydrogens (tertiary/aromatic N) is 2. The molecule has 110 valence electrons. The molecule has 1 heterocycles. The highest BCUT2D eigenvalue weighted by Crippen LogP contribution is 2.25. The highest BCUT2D eigenvalue weighted by Gasteiger charge is 2.15. The second-order valence-electron chi connectivity index (χ2n) is 4.88. The highest BCUT2D eigenvalue weighted by molar-refractivity contribution is 5.98. The van der Waals surface area contributed by atoms with Crippen LogP contribution in [0.2, 0.25) is 0 Å². The van der Waals surface area contributed by atoms with Crippen LogP contribution in [0.15, 0.2) is 54.7 Å². The van der Waals surface area contributed by atoms with Crippen molar-refractivity contribution in [1.82, 2.24) is 9.78 Å². The summed E-state index contributed by atoms with van der Waals surface area (Å²) in [6, 6.07) is 11.6. The van der Waals surface area contributed by atoms with E-state index < -0.39 is 0 Å². The van der Waals surface area contributed by atoms with E-state index in [0.717, 1.165) is 0 Å². The van der Waals surface area contributed by atoms with Gasteiger partial charge < -0.3 is 0 Å². The summed E-state index contributed by atoms with van der Waals surface area (Å²) in [5.74, 6) is -0.888. The van der Waals surface area contributed by atoms with E-state index in [1.54, 1.807) is 30.5 Å². The lowest BCUT2D eigenvalue weighted by atomic mass is 10.1. The fourth-order valence-corrected chi connectivity index (χ4v) is 2.20. The molecule has 2 aromatic carbocycles. The van der Waals surface area contributed by atoms with Crippen molar-refractivity contribution in [3.63, 3.8) is 0 Å². The number of benzene rings is 2. The Balaban J connectivity index is 2.11. The average molecular weight is 298 g/mol. The Bertz CT molecular complexity index is 821. The van der Waals surface area contributed by atoms with Crippen LogP contribution in [0.25, 0.3) is 16.8 Å². The van der Waals surface area contributed by atoms with Crippen LogP contribution in [-0.4, -0.2) is 15.6 Å². The molecule has 3 aromatic rings. The number of carbonyl (C=O) groups excluding carboxylic acids is 1. The van der Waals surface area contributed by atoms with Gasteiger partial charge in [0, 0.05) is 18.7 Å². The van der Waals surface area contributed by atoms with E-state index in [9.17, 15) is 13.6 Å². The van der Waals surface area contributed by atoms with E-state index in [1.807, 2.05) is 0 Å². The standard InChI is InChI=1S/C17H12F2N2O/c1-11(22)17-16(12-2-4-13(18)5-3-12)10-21(20-17)15-8-6-14(19)7-9-15/h2-10H,1H3. The first-order valence-electron chi connectivity index (χ1n) is 6.67. The molecule has 0 unspecified atom stereocenters. The van der Waals surface area contributed by atoms with Gasteiger partial charge in [0.25, 0.3) is 0 Å². The Morgan fingerprint density at radius 3 is 2.05 bits per heavy atom. The minimum Gasteiger partial charge on any atom is -0.293 e. The average Bonchev–Trinajstić information content (AvgIpc) is 2.94. The maximum Gasteiger partial charge on any atom is 0.180 e. The Hall–Kier alpha value is -2.82. The molecule has 0 atom stereocenters. The van der Waals surface area contributed by atoms with Gasteiger partial charge in [-0.15, -0.1) is 0 Å². The van der Waals surface area contributed by atoms with Gasteiger partial charge in [-0.05, 0) is 42.0 Å². The molecule has 0 radical (unpaired) electrons. The molecule has 0 aliphatic heterocycles. The maximum absolute atomic E-state index is 13.0. The molecular weight excluding hydrogens is 286 g/mol. The van der Waals surface area contributed by atoms with Crippen molar-refractivity contribution in [3.05, 3.63) is 72.1 Å². The van der Waals surface area contributed by atoms with Gasteiger partial charge in [-0.2, -0.15) is 5.10 Å². The summed E-state index contributed by atoms with van der Waals surface area (Å²) in [5, 5.41) is 4.26. The number of Topliss-reactive ketones (excluding diaryl/α,β-unsaturated/α-hetero) is 1. The summed E-state index contributed by atoms with van der Waals surface area (Å²) in [6.45, 7) is 1.42. The van der Waals surface area contributed by atoms with Crippen molar-refractivity contribution in [2.45, 2.75) is 6.92 Å². The normalized spacial score (nSPS) is 10.7. The van der Waals surface area contributed by atoms with Gasteiger partial charge in [0.05, 0.1) is 5.69 Å². The van der Waals surface area contributed by atoms with Crippen molar-refractivity contribution in [1.29, 1.82) is 0 Å². The summed E-state index contributed by atoms with van der Waals surface area (Å²) >= 11 is 0. The number of carbonyl (C=O) groups is 1. The third-order valence-electron chi connectivity index (χ3n) is 3.29. The van der Waals surface area contributed by atoms with E-state index in [1.165, 1.54) is 35.9 Å². The Kier molecular flexibility index (Phi) is 3.55. The van der Waals surface area contributed by atoms with Crippen LogP contribution in [0.1, 0.15) is 17.4 Å². The number of aromatic nitrogens is 2. The lowest BCUT2D eigenvalue weighted by Crippen LogP contribution is -1.99. The smallest absolute Gasteiger partial charge is 0.180 e. The van der Waals surface area contributed by atoms with Gasteiger partial charge in [0.2, 0.25) is 0 Å². The van der Waals surface area contributed by atoms with Crippen molar-refractivity contribution in [3.8, 4) is 16.8 Å². The number of halogens is 2. The largest absolute Gasteiger partial charge is 0.293 e. The first-order valence-corrected chi connectivity index (χ1v) is 6.67. The Morgan fingerprint density at radius 2 is 1.50 bits per heavy atom. The van der Waals surface area contributed by atoms with Crippen molar-refractivity contribution in [2.75, 3.05) is 0 Å². The van der Waals surface area contributed by atoms with E-state index in [-0.39, 0.29) is 23.1 Å². The van der Waals surface area contributed by atoms with Crippen LogP contribution in [-0.2, 0) is 0 Å². The minimum atomic E-state index is -0.348. The van der Waals surface area contributed by atoms with Gasteiger partial charge in [-0.3, -0.25) is 4.79 Å². The van der Waals surface area contributed by atoms with Crippen LogP contribution < -0.4 is 0 Å². The zero-order valence-corrected chi connectivity index (χ0v) is 11.8. The summed E-state index contributed by atoms with van der Waals surface area (Å²) in [7, 11) is 0. The van der Waals surface area contributed by atoms with Crippen molar-refractivity contribution in [2.24, 2.45) is 0 Å². The van der Waals surface area contributed by atoms with Crippen LogP contribution in [0.4, 0.5) is 8.78 Å². The Labute approximate surface area is 125 Å². The molecule has 22 heavy (non-hydrogen) atoms. The van der Waals surface area contributed by atoms with E-state index >= 15 is 0 Å². The minimum absolute atomic E-state index is 0.194. The predicted molar refractivity (Wildman–Crippen MR) is 78.9 cm³/mol. The van der Waals surface area contributed by atoms with Crippen LogP contribution >= 0.6 is 0 Å². The first kappa shape index (κ1) is 14.1. The SMILES string of the molecule is CC(=O)c1nn(-c2ccc(F)cc2)cc1-c1ccc(F)cc1. The topological polar surface area (TPSA) is 34.9 Å². The van der Waals surface area contributed by atoms with E-state index in [2.05, 4.69) is 5.10 Å². The molecule has 0 saturated heterocycles. The predicted octanol–water partition coefficient (Wildman–Crippen LogP) is 4.02. The van der Waals surface area contributed by atoms with Gasteiger partial charge in [-0.25, -0.2) is 13.5 Å². The molecular formula is C17H12F2N2O. The van der Waals surface area contributed by atoms with Gasteiger partial charge in [-0.1, -0.05) is 12.1 Å². The van der Waals surface area contributed by atoms with Gasteiger partial charge in [0.1, 0.15) is 17.3 Å². The third kappa shape index (κ3) is 2.65. The lowest BCUT2D eigenvalue weighted by molar-refractivity contribution is 0.101. The first-order chi connectivity index (χ1) is 10.5. The maximum atomic E-state index is 13.0. The zero-order chi connectivity index (χ0) is 15.7. The number of hydrogen-bond acceptors (Lipinski definition) is 2. The number of ketones is 1. The molecule has 0 N–H and O–H groups in total. The second-order valence-corrected chi connectivity index (χ2v) is 4.88. The van der Waals surface area contributed by atoms with E-state index in [0.29, 0.717) is 16.8 Å². The molecule has 3 rings (SSSR count). The molecule has 0 aliphatic rings.